The topological polar surface area (TPSA) is 64.1 Å². The van der Waals surface area contributed by atoms with E-state index in [0.29, 0.717) is 32.2 Å². The molecule has 3 aliphatic rings. The summed E-state index contributed by atoms with van der Waals surface area (Å²) in [5, 5.41) is 9.28. The van der Waals surface area contributed by atoms with Crippen LogP contribution in [0.25, 0.3) is 0 Å². The van der Waals surface area contributed by atoms with Crippen molar-refractivity contribution in [1.29, 1.82) is 0 Å². The van der Waals surface area contributed by atoms with Crippen molar-refractivity contribution >= 4 is 10.2 Å². The highest BCUT2D eigenvalue weighted by atomic mass is 32.2. The Kier molecular flexibility index (Phi) is 4.85. The van der Waals surface area contributed by atoms with Crippen molar-refractivity contribution in [2.24, 2.45) is 5.92 Å². The molecule has 0 aliphatic carbocycles. The molecule has 3 saturated heterocycles. The summed E-state index contributed by atoms with van der Waals surface area (Å²) in [7, 11) is -3.34. The van der Waals surface area contributed by atoms with E-state index in [-0.39, 0.29) is 12.5 Å². The van der Waals surface area contributed by atoms with Crippen molar-refractivity contribution in [3.05, 3.63) is 0 Å². The van der Waals surface area contributed by atoms with E-state index >= 15 is 0 Å². The number of aliphatic hydroxyl groups excluding tert-OH is 1. The molecule has 2 atom stereocenters. The van der Waals surface area contributed by atoms with Gasteiger partial charge in [0, 0.05) is 38.8 Å². The molecule has 3 rings (SSSR count). The summed E-state index contributed by atoms with van der Waals surface area (Å²) >= 11 is 0. The lowest BCUT2D eigenvalue weighted by Gasteiger charge is -2.34. The molecule has 3 fully saturated rings. The van der Waals surface area contributed by atoms with Gasteiger partial charge in [0.05, 0.1) is 0 Å². The zero-order chi connectivity index (χ0) is 14.9. The Morgan fingerprint density at radius 2 is 1.62 bits per heavy atom. The minimum atomic E-state index is -3.34. The van der Waals surface area contributed by atoms with Crippen LogP contribution in [0.15, 0.2) is 0 Å². The number of likely N-dealkylation sites (tertiary alicyclic amines) is 1. The van der Waals surface area contributed by atoms with E-state index in [0.717, 1.165) is 32.4 Å². The maximum absolute atomic E-state index is 12.8. The molecule has 0 radical (unpaired) electrons. The fourth-order valence-electron chi connectivity index (χ4n) is 3.87. The molecule has 0 aromatic carbocycles. The van der Waals surface area contributed by atoms with Gasteiger partial charge in [-0.1, -0.05) is 0 Å². The van der Waals surface area contributed by atoms with Crippen LogP contribution in [0.2, 0.25) is 0 Å². The van der Waals surface area contributed by atoms with Crippen LogP contribution in [0.1, 0.15) is 32.1 Å². The van der Waals surface area contributed by atoms with Gasteiger partial charge >= 0.3 is 0 Å². The van der Waals surface area contributed by atoms with Crippen LogP contribution in [0, 0.1) is 5.92 Å². The molecule has 7 heteroatoms. The normalized spacial score (nSPS) is 33.8. The summed E-state index contributed by atoms with van der Waals surface area (Å²) in [5.74, 6) is 0.102. The molecule has 3 heterocycles. The van der Waals surface area contributed by atoms with Gasteiger partial charge in [-0.3, -0.25) is 4.90 Å². The molecule has 0 aromatic rings. The van der Waals surface area contributed by atoms with Gasteiger partial charge in [-0.05, 0) is 51.1 Å². The standard InChI is InChI=1S/C14H27N3O3S/c18-12-13-4-3-8-16(10-13)21(19,20)17-9-5-14(11-17)15-6-1-2-7-15/h13-14,18H,1-12H2. The summed E-state index contributed by atoms with van der Waals surface area (Å²) < 4.78 is 28.8. The van der Waals surface area contributed by atoms with E-state index < -0.39 is 10.2 Å². The predicted octanol–water partition coefficient (Wildman–Crippen LogP) is 0.106. The van der Waals surface area contributed by atoms with E-state index in [9.17, 15) is 13.5 Å². The first kappa shape index (κ1) is 15.7. The second-order valence-corrected chi connectivity index (χ2v) is 8.53. The van der Waals surface area contributed by atoms with Crippen molar-refractivity contribution in [1.82, 2.24) is 13.5 Å². The molecule has 0 aromatic heterocycles. The quantitative estimate of drug-likeness (QED) is 0.799. The van der Waals surface area contributed by atoms with Crippen molar-refractivity contribution in [3.8, 4) is 0 Å². The van der Waals surface area contributed by atoms with E-state index in [1.807, 2.05) is 0 Å². The highest BCUT2D eigenvalue weighted by Crippen LogP contribution is 2.26. The molecule has 3 aliphatic heterocycles. The number of nitrogens with zero attached hydrogens (tertiary/aromatic N) is 3. The van der Waals surface area contributed by atoms with Gasteiger partial charge in [-0.15, -0.1) is 0 Å². The fourth-order valence-corrected chi connectivity index (χ4v) is 5.66. The molecular formula is C14H27N3O3S. The van der Waals surface area contributed by atoms with Gasteiger partial charge in [0.2, 0.25) is 0 Å². The van der Waals surface area contributed by atoms with Gasteiger partial charge in [0.15, 0.2) is 0 Å². The summed E-state index contributed by atoms with van der Waals surface area (Å²) in [4.78, 5) is 2.45. The molecule has 0 bridgehead atoms. The maximum atomic E-state index is 12.8. The van der Waals surface area contributed by atoms with Crippen LogP contribution in [0.5, 0.6) is 0 Å². The molecule has 1 N–H and O–H groups in total. The van der Waals surface area contributed by atoms with Crippen molar-refractivity contribution in [2.75, 3.05) is 45.9 Å². The Bertz CT molecular complexity index is 450. The Labute approximate surface area is 127 Å². The zero-order valence-corrected chi connectivity index (χ0v) is 13.5. The van der Waals surface area contributed by atoms with Crippen LogP contribution in [-0.2, 0) is 10.2 Å². The fraction of sp³-hybridized carbons (Fsp3) is 1.00. The molecule has 21 heavy (non-hydrogen) atoms. The Balaban J connectivity index is 1.62. The lowest BCUT2D eigenvalue weighted by molar-refractivity contribution is 0.161. The predicted molar refractivity (Wildman–Crippen MR) is 81.1 cm³/mol. The van der Waals surface area contributed by atoms with Gasteiger partial charge in [0.25, 0.3) is 10.2 Å². The third kappa shape index (κ3) is 3.27. The third-order valence-electron chi connectivity index (χ3n) is 5.18. The molecule has 122 valence electrons. The highest BCUT2D eigenvalue weighted by molar-refractivity contribution is 7.86. The summed E-state index contributed by atoms with van der Waals surface area (Å²) in [6.07, 6.45) is 5.23. The van der Waals surface area contributed by atoms with Crippen LogP contribution in [0.3, 0.4) is 0 Å². The smallest absolute Gasteiger partial charge is 0.282 e. The van der Waals surface area contributed by atoms with E-state index in [1.54, 1.807) is 8.61 Å². The molecule has 6 nitrogen and oxygen atoms in total. The van der Waals surface area contributed by atoms with E-state index in [4.69, 9.17) is 0 Å². The monoisotopic (exact) mass is 317 g/mol. The van der Waals surface area contributed by atoms with Crippen LogP contribution in [0.4, 0.5) is 0 Å². The average molecular weight is 317 g/mol. The summed E-state index contributed by atoms with van der Waals surface area (Å²) in [5.41, 5.74) is 0. The van der Waals surface area contributed by atoms with Gasteiger partial charge in [-0.2, -0.15) is 17.0 Å². The molecule has 2 unspecified atom stereocenters. The van der Waals surface area contributed by atoms with Gasteiger partial charge < -0.3 is 5.11 Å². The Morgan fingerprint density at radius 1 is 0.905 bits per heavy atom. The third-order valence-corrected chi connectivity index (χ3v) is 7.14. The van der Waals surface area contributed by atoms with Crippen LogP contribution < -0.4 is 0 Å². The number of rotatable bonds is 4. The minimum Gasteiger partial charge on any atom is -0.396 e. The van der Waals surface area contributed by atoms with Crippen LogP contribution in [-0.4, -0.2) is 79.0 Å². The molecule has 0 saturated carbocycles. The SMILES string of the molecule is O=S(=O)(N1CCCC(CO)C1)N1CCC(N2CCCC2)C1. The first-order chi connectivity index (χ1) is 10.1. The van der Waals surface area contributed by atoms with Gasteiger partial charge in [-0.25, -0.2) is 0 Å². The highest BCUT2D eigenvalue weighted by Gasteiger charge is 2.39. The van der Waals surface area contributed by atoms with Crippen molar-refractivity contribution in [3.63, 3.8) is 0 Å². The molecular weight excluding hydrogens is 290 g/mol. The first-order valence-corrected chi connectivity index (χ1v) is 9.61. The number of hydrogen-bond acceptors (Lipinski definition) is 4. The Morgan fingerprint density at radius 3 is 2.33 bits per heavy atom. The lowest BCUT2D eigenvalue weighted by atomic mass is 10.0. The lowest BCUT2D eigenvalue weighted by Crippen LogP contribution is -2.48. The number of hydrogen-bond donors (Lipinski definition) is 1. The van der Waals surface area contributed by atoms with Crippen LogP contribution >= 0.6 is 0 Å². The second kappa shape index (κ2) is 6.50. The van der Waals surface area contributed by atoms with Crippen molar-refractivity contribution < 1.29 is 13.5 Å². The maximum Gasteiger partial charge on any atom is 0.282 e. The largest absolute Gasteiger partial charge is 0.396 e. The molecule has 0 spiro atoms. The van der Waals surface area contributed by atoms with E-state index in [2.05, 4.69) is 4.90 Å². The van der Waals surface area contributed by atoms with E-state index in [1.165, 1.54) is 12.8 Å². The zero-order valence-electron chi connectivity index (χ0n) is 12.7. The van der Waals surface area contributed by atoms with Crippen molar-refractivity contribution in [2.45, 2.75) is 38.1 Å². The molecule has 0 amide bonds. The first-order valence-electron chi connectivity index (χ1n) is 8.21. The summed E-state index contributed by atoms with van der Waals surface area (Å²) in [6.45, 7) is 4.69. The summed E-state index contributed by atoms with van der Waals surface area (Å²) in [6, 6.07) is 0.403. The average Bonchev–Trinajstić information content (AvgIpc) is 3.18. The second-order valence-electron chi connectivity index (χ2n) is 6.60. The van der Waals surface area contributed by atoms with Gasteiger partial charge in [0.1, 0.15) is 0 Å². The number of aliphatic hydroxyl groups is 1. The minimum absolute atomic E-state index is 0.0857. The number of piperidine rings is 1. The Hall–Kier alpha value is -0.210.